The highest BCUT2D eigenvalue weighted by Gasteiger charge is 2.45. The van der Waals surface area contributed by atoms with Crippen LogP contribution < -0.4 is 5.32 Å². The first-order valence-corrected chi connectivity index (χ1v) is 6.59. The van der Waals surface area contributed by atoms with Gasteiger partial charge >= 0.3 is 0 Å². The van der Waals surface area contributed by atoms with Crippen LogP contribution in [0.1, 0.15) is 32.3 Å². The lowest BCUT2D eigenvalue weighted by Crippen LogP contribution is -2.43. The summed E-state index contributed by atoms with van der Waals surface area (Å²) in [5.41, 5.74) is -0.0113. The molecule has 0 aliphatic heterocycles. The minimum Gasteiger partial charge on any atom is -0.383 e. The van der Waals surface area contributed by atoms with E-state index in [1.165, 1.54) is 0 Å². The number of carbonyl (C=O) groups is 1. The maximum absolute atomic E-state index is 11.6. The first-order chi connectivity index (χ1) is 8.54. The fourth-order valence-corrected chi connectivity index (χ4v) is 2.20. The van der Waals surface area contributed by atoms with Gasteiger partial charge in [0, 0.05) is 5.92 Å². The zero-order chi connectivity index (χ0) is 13.2. The smallest absolute Gasteiger partial charge is 0.222 e. The number of rotatable bonds is 5. The van der Waals surface area contributed by atoms with Crippen molar-refractivity contribution in [3.63, 3.8) is 0 Å². The van der Waals surface area contributed by atoms with Crippen LogP contribution in [0.5, 0.6) is 0 Å². The van der Waals surface area contributed by atoms with E-state index in [1.54, 1.807) is 0 Å². The van der Waals surface area contributed by atoms with Gasteiger partial charge in [0.1, 0.15) is 5.60 Å². The van der Waals surface area contributed by atoms with Gasteiger partial charge in [-0.25, -0.2) is 0 Å². The predicted octanol–water partition coefficient (Wildman–Crippen LogP) is 2.06. The third-order valence-corrected chi connectivity index (χ3v) is 3.58. The molecule has 1 atom stereocenters. The zero-order valence-corrected chi connectivity index (χ0v) is 11.0. The molecule has 2 N–H and O–H groups in total. The lowest BCUT2D eigenvalue weighted by molar-refractivity contribution is -0.125. The Balaban J connectivity index is 2.10. The van der Waals surface area contributed by atoms with Gasteiger partial charge in [-0.1, -0.05) is 44.2 Å². The molecule has 1 unspecified atom stereocenters. The number of amides is 1. The highest BCUT2D eigenvalue weighted by Crippen LogP contribution is 2.45. The van der Waals surface area contributed by atoms with Crippen molar-refractivity contribution in [3.8, 4) is 0 Å². The van der Waals surface area contributed by atoms with E-state index in [2.05, 4.69) is 5.32 Å². The normalized spacial score (nSPS) is 18.4. The summed E-state index contributed by atoms with van der Waals surface area (Å²) in [4.78, 5) is 11.6. The monoisotopic (exact) mass is 247 g/mol. The molecule has 1 aliphatic rings. The standard InChI is InChI=1S/C15H21NO2/c1-11(2)14(17)16-10-15(18,13-8-9-13)12-6-4-3-5-7-12/h3-7,11,13,18H,8-10H2,1-2H3,(H,16,17). The Labute approximate surface area is 108 Å². The van der Waals surface area contributed by atoms with E-state index in [0.29, 0.717) is 6.54 Å². The summed E-state index contributed by atoms with van der Waals surface area (Å²) in [6.45, 7) is 4.01. The number of hydrogen-bond donors (Lipinski definition) is 2. The maximum atomic E-state index is 11.6. The quantitative estimate of drug-likeness (QED) is 0.836. The second-order valence-electron chi connectivity index (χ2n) is 5.44. The zero-order valence-electron chi connectivity index (χ0n) is 11.0. The van der Waals surface area contributed by atoms with Gasteiger partial charge in [0.15, 0.2) is 0 Å². The molecule has 18 heavy (non-hydrogen) atoms. The van der Waals surface area contributed by atoms with Crippen molar-refractivity contribution < 1.29 is 9.90 Å². The second kappa shape index (κ2) is 5.11. The van der Waals surface area contributed by atoms with Crippen molar-refractivity contribution >= 4 is 5.91 Å². The van der Waals surface area contributed by atoms with Gasteiger partial charge in [-0.3, -0.25) is 4.79 Å². The summed E-state index contributed by atoms with van der Waals surface area (Å²) in [6, 6.07) is 9.64. The predicted molar refractivity (Wildman–Crippen MR) is 70.9 cm³/mol. The van der Waals surface area contributed by atoms with E-state index in [4.69, 9.17) is 0 Å². The highest BCUT2D eigenvalue weighted by atomic mass is 16.3. The molecule has 2 rings (SSSR count). The van der Waals surface area contributed by atoms with Crippen LogP contribution in [0.15, 0.2) is 30.3 Å². The van der Waals surface area contributed by atoms with Gasteiger partial charge in [-0.2, -0.15) is 0 Å². The average Bonchev–Trinajstić information content (AvgIpc) is 3.21. The Bertz CT molecular complexity index is 412. The van der Waals surface area contributed by atoms with Crippen LogP contribution in [0.4, 0.5) is 0 Å². The number of benzene rings is 1. The summed E-state index contributed by atoms with van der Waals surface area (Å²) in [7, 11) is 0. The topological polar surface area (TPSA) is 49.3 Å². The average molecular weight is 247 g/mol. The van der Waals surface area contributed by atoms with Crippen LogP contribution in [0, 0.1) is 11.8 Å². The van der Waals surface area contributed by atoms with E-state index in [9.17, 15) is 9.90 Å². The van der Waals surface area contributed by atoms with Gasteiger partial charge in [-0.05, 0) is 24.3 Å². The van der Waals surface area contributed by atoms with Crippen LogP contribution in [0.2, 0.25) is 0 Å². The SMILES string of the molecule is CC(C)C(=O)NCC(O)(c1ccccc1)C1CC1. The molecule has 0 heterocycles. The summed E-state index contributed by atoms with van der Waals surface area (Å²) < 4.78 is 0. The Morgan fingerprint density at radius 3 is 2.50 bits per heavy atom. The highest BCUT2D eigenvalue weighted by molar-refractivity contribution is 5.77. The van der Waals surface area contributed by atoms with E-state index in [0.717, 1.165) is 18.4 Å². The molecule has 1 aromatic rings. The summed E-state index contributed by atoms with van der Waals surface area (Å²) in [5, 5.41) is 13.7. The number of hydrogen-bond acceptors (Lipinski definition) is 2. The van der Waals surface area contributed by atoms with Crippen LogP contribution in [-0.2, 0) is 10.4 Å². The van der Waals surface area contributed by atoms with Crippen LogP contribution in [-0.4, -0.2) is 17.6 Å². The molecule has 1 aromatic carbocycles. The van der Waals surface area contributed by atoms with Crippen molar-refractivity contribution in [2.75, 3.05) is 6.54 Å². The molecule has 3 heteroatoms. The van der Waals surface area contributed by atoms with Gasteiger partial charge < -0.3 is 10.4 Å². The molecule has 98 valence electrons. The molecule has 0 saturated heterocycles. The number of nitrogens with one attached hydrogen (secondary N) is 1. The Morgan fingerprint density at radius 2 is 2.00 bits per heavy atom. The summed E-state index contributed by atoms with van der Waals surface area (Å²) in [5.74, 6) is 0.210. The third kappa shape index (κ3) is 2.72. The Morgan fingerprint density at radius 1 is 1.39 bits per heavy atom. The van der Waals surface area contributed by atoms with Gasteiger partial charge in [0.2, 0.25) is 5.91 Å². The first-order valence-electron chi connectivity index (χ1n) is 6.59. The minimum atomic E-state index is -0.911. The number of aliphatic hydroxyl groups is 1. The first kappa shape index (κ1) is 13.1. The Hall–Kier alpha value is -1.35. The van der Waals surface area contributed by atoms with E-state index in [1.807, 2.05) is 44.2 Å². The second-order valence-corrected chi connectivity index (χ2v) is 5.44. The molecule has 0 aromatic heterocycles. The molecule has 0 radical (unpaired) electrons. The van der Waals surface area contributed by atoms with E-state index < -0.39 is 5.60 Å². The Kier molecular flexibility index (Phi) is 3.71. The van der Waals surface area contributed by atoms with Gasteiger partial charge in [-0.15, -0.1) is 0 Å². The molecular formula is C15H21NO2. The molecule has 0 spiro atoms. The summed E-state index contributed by atoms with van der Waals surface area (Å²) >= 11 is 0. The van der Waals surface area contributed by atoms with Crippen LogP contribution in [0.25, 0.3) is 0 Å². The molecule has 3 nitrogen and oxygen atoms in total. The fraction of sp³-hybridized carbons (Fsp3) is 0.533. The van der Waals surface area contributed by atoms with Gasteiger partial charge in [0.05, 0.1) is 6.54 Å². The van der Waals surface area contributed by atoms with E-state index >= 15 is 0 Å². The van der Waals surface area contributed by atoms with Crippen LogP contribution >= 0.6 is 0 Å². The number of carbonyl (C=O) groups excluding carboxylic acids is 1. The van der Waals surface area contributed by atoms with Gasteiger partial charge in [0.25, 0.3) is 0 Å². The lowest BCUT2D eigenvalue weighted by Gasteiger charge is -2.29. The minimum absolute atomic E-state index is 0.00925. The molecular weight excluding hydrogens is 226 g/mol. The van der Waals surface area contributed by atoms with Crippen molar-refractivity contribution in [3.05, 3.63) is 35.9 Å². The fourth-order valence-electron chi connectivity index (χ4n) is 2.20. The van der Waals surface area contributed by atoms with Crippen molar-refractivity contribution in [1.29, 1.82) is 0 Å². The van der Waals surface area contributed by atoms with Crippen molar-refractivity contribution in [1.82, 2.24) is 5.32 Å². The largest absolute Gasteiger partial charge is 0.383 e. The molecule has 1 saturated carbocycles. The maximum Gasteiger partial charge on any atom is 0.222 e. The lowest BCUT2D eigenvalue weighted by atomic mass is 9.88. The van der Waals surface area contributed by atoms with Crippen LogP contribution in [0.3, 0.4) is 0 Å². The van der Waals surface area contributed by atoms with E-state index in [-0.39, 0.29) is 17.7 Å². The summed E-state index contributed by atoms with van der Waals surface area (Å²) in [6.07, 6.45) is 2.06. The van der Waals surface area contributed by atoms with Crippen molar-refractivity contribution in [2.45, 2.75) is 32.3 Å². The molecule has 1 amide bonds. The molecule has 1 fully saturated rings. The third-order valence-electron chi connectivity index (χ3n) is 3.58. The molecule has 0 bridgehead atoms. The molecule has 1 aliphatic carbocycles. The van der Waals surface area contributed by atoms with Crippen molar-refractivity contribution in [2.24, 2.45) is 11.8 Å².